The van der Waals surface area contributed by atoms with Crippen LogP contribution in [0.25, 0.3) is 11.1 Å². The number of aromatic carboxylic acids is 1. The zero-order valence-electron chi connectivity index (χ0n) is 7.61. The van der Waals surface area contributed by atoms with Gasteiger partial charge in [0.15, 0.2) is 0 Å². The van der Waals surface area contributed by atoms with Gasteiger partial charge in [-0.1, -0.05) is 5.16 Å². The minimum absolute atomic E-state index is 0.173. The third-order valence-corrected chi connectivity index (χ3v) is 1.80. The Kier molecular flexibility index (Phi) is 1.70. The van der Waals surface area contributed by atoms with Crippen LogP contribution in [0.3, 0.4) is 0 Å². The highest BCUT2D eigenvalue weighted by Gasteiger charge is 2.18. The Labute approximate surface area is 78.6 Å². The minimum atomic E-state index is -1.15. The predicted octanol–water partition coefficient (Wildman–Crippen LogP) is 0.933. The van der Waals surface area contributed by atoms with Crippen molar-refractivity contribution in [2.45, 2.75) is 13.8 Å². The molecule has 0 saturated carbocycles. The van der Waals surface area contributed by atoms with Crippen molar-refractivity contribution < 1.29 is 14.4 Å². The van der Waals surface area contributed by atoms with Crippen molar-refractivity contribution in [2.24, 2.45) is 0 Å². The quantitative estimate of drug-likeness (QED) is 0.724. The highest BCUT2D eigenvalue weighted by Crippen LogP contribution is 2.18. The van der Waals surface area contributed by atoms with Crippen LogP contribution in [0.15, 0.2) is 4.52 Å². The molecule has 0 saturated heterocycles. The Balaban J connectivity index is 2.85. The van der Waals surface area contributed by atoms with Crippen LogP contribution in [0.2, 0.25) is 0 Å². The minimum Gasteiger partial charge on any atom is -0.476 e. The van der Waals surface area contributed by atoms with E-state index in [-0.39, 0.29) is 11.2 Å². The van der Waals surface area contributed by atoms with E-state index >= 15 is 0 Å². The van der Waals surface area contributed by atoms with E-state index in [9.17, 15) is 4.79 Å². The summed E-state index contributed by atoms with van der Waals surface area (Å²) in [6, 6.07) is 0. The van der Waals surface area contributed by atoms with Crippen molar-refractivity contribution in [1.29, 1.82) is 0 Å². The van der Waals surface area contributed by atoms with Gasteiger partial charge in [0.25, 0.3) is 0 Å². The molecule has 2 aromatic rings. The lowest BCUT2D eigenvalue weighted by molar-refractivity contribution is 0.0687. The van der Waals surface area contributed by atoms with E-state index < -0.39 is 5.97 Å². The van der Waals surface area contributed by atoms with Gasteiger partial charge in [0, 0.05) is 0 Å². The van der Waals surface area contributed by atoms with Crippen molar-refractivity contribution in [3.8, 4) is 0 Å². The summed E-state index contributed by atoms with van der Waals surface area (Å²) in [7, 11) is 0. The largest absolute Gasteiger partial charge is 0.476 e. The molecule has 72 valence electrons. The Hall–Kier alpha value is -1.98. The van der Waals surface area contributed by atoms with E-state index in [0.29, 0.717) is 17.1 Å². The lowest BCUT2D eigenvalue weighted by atomic mass is 10.3. The SMILES string of the molecule is Cc1nc(C)c2onc(C(=O)O)c2n1. The fourth-order valence-electron chi connectivity index (χ4n) is 1.25. The lowest BCUT2D eigenvalue weighted by Crippen LogP contribution is -1.99. The van der Waals surface area contributed by atoms with Gasteiger partial charge >= 0.3 is 5.97 Å². The second-order valence-corrected chi connectivity index (χ2v) is 2.87. The second-order valence-electron chi connectivity index (χ2n) is 2.87. The lowest BCUT2D eigenvalue weighted by Gasteiger charge is -1.94. The zero-order chi connectivity index (χ0) is 10.3. The molecule has 0 bridgehead atoms. The van der Waals surface area contributed by atoms with Gasteiger partial charge in [-0.25, -0.2) is 14.8 Å². The molecule has 2 rings (SSSR count). The first-order valence-corrected chi connectivity index (χ1v) is 3.93. The smallest absolute Gasteiger partial charge is 0.360 e. The van der Waals surface area contributed by atoms with Crippen LogP contribution in [-0.4, -0.2) is 26.2 Å². The van der Waals surface area contributed by atoms with Crippen molar-refractivity contribution in [2.75, 3.05) is 0 Å². The molecule has 0 fully saturated rings. The van der Waals surface area contributed by atoms with E-state index in [1.54, 1.807) is 13.8 Å². The van der Waals surface area contributed by atoms with Gasteiger partial charge in [-0.2, -0.15) is 0 Å². The summed E-state index contributed by atoms with van der Waals surface area (Å²) in [6.45, 7) is 3.40. The first-order valence-electron chi connectivity index (χ1n) is 3.93. The maximum atomic E-state index is 10.7. The number of nitrogens with zero attached hydrogens (tertiary/aromatic N) is 3. The summed E-state index contributed by atoms with van der Waals surface area (Å²) in [5.74, 6) is -0.651. The third kappa shape index (κ3) is 1.12. The summed E-state index contributed by atoms with van der Waals surface area (Å²) < 4.78 is 4.84. The molecule has 0 aliphatic carbocycles. The number of rotatable bonds is 1. The molecule has 0 aliphatic rings. The predicted molar refractivity (Wildman–Crippen MR) is 46.0 cm³/mol. The molecule has 0 atom stereocenters. The molecule has 6 heteroatoms. The number of hydrogen-bond donors (Lipinski definition) is 1. The maximum Gasteiger partial charge on any atom is 0.360 e. The highest BCUT2D eigenvalue weighted by atomic mass is 16.5. The Morgan fingerprint density at radius 1 is 1.36 bits per heavy atom. The molecule has 0 radical (unpaired) electrons. The summed E-state index contributed by atoms with van der Waals surface area (Å²) in [6.07, 6.45) is 0. The molecule has 2 heterocycles. The average molecular weight is 193 g/mol. The van der Waals surface area contributed by atoms with Crippen molar-refractivity contribution in [1.82, 2.24) is 15.1 Å². The van der Waals surface area contributed by atoms with Crippen LogP contribution in [0.4, 0.5) is 0 Å². The fraction of sp³-hybridized carbons (Fsp3) is 0.250. The molecular weight excluding hydrogens is 186 g/mol. The zero-order valence-corrected chi connectivity index (χ0v) is 7.61. The number of fused-ring (bicyclic) bond motifs is 1. The molecule has 6 nitrogen and oxygen atoms in total. The number of carbonyl (C=O) groups is 1. The first kappa shape index (κ1) is 8.61. The Morgan fingerprint density at radius 3 is 2.71 bits per heavy atom. The summed E-state index contributed by atoms with van der Waals surface area (Å²) in [5, 5.41) is 12.2. The van der Waals surface area contributed by atoms with Crippen molar-refractivity contribution >= 4 is 17.1 Å². The standard InChI is InChI=1S/C8H7N3O3/c1-3-7-5(10-4(2)9-3)6(8(12)13)11-14-7/h1-2H3,(H,12,13). The summed E-state index contributed by atoms with van der Waals surface area (Å²) in [5.41, 5.74) is 0.997. The number of aryl methyl sites for hydroxylation is 2. The second kappa shape index (κ2) is 2.76. The molecule has 0 spiro atoms. The van der Waals surface area contributed by atoms with Crippen LogP contribution < -0.4 is 0 Å². The van der Waals surface area contributed by atoms with Crippen LogP contribution in [0, 0.1) is 13.8 Å². The van der Waals surface area contributed by atoms with Gasteiger partial charge in [-0.3, -0.25) is 0 Å². The van der Waals surface area contributed by atoms with Gasteiger partial charge in [-0.05, 0) is 13.8 Å². The molecular formula is C8H7N3O3. The normalized spacial score (nSPS) is 10.7. The van der Waals surface area contributed by atoms with Gasteiger partial charge in [-0.15, -0.1) is 0 Å². The molecule has 0 amide bonds. The van der Waals surface area contributed by atoms with Crippen LogP contribution in [0.5, 0.6) is 0 Å². The number of aromatic nitrogens is 3. The van der Waals surface area contributed by atoms with Gasteiger partial charge in [0.2, 0.25) is 11.3 Å². The van der Waals surface area contributed by atoms with Gasteiger partial charge < -0.3 is 9.63 Å². The molecule has 1 N–H and O–H groups in total. The average Bonchev–Trinajstić information content (AvgIpc) is 2.47. The highest BCUT2D eigenvalue weighted by molar-refractivity contribution is 5.98. The maximum absolute atomic E-state index is 10.7. The number of carboxylic acid groups (broad SMARTS) is 1. The van der Waals surface area contributed by atoms with E-state index in [1.807, 2.05) is 0 Å². The molecule has 2 aromatic heterocycles. The van der Waals surface area contributed by atoms with E-state index in [1.165, 1.54) is 0 Å². The summed E-state index contributed by atoms with van der Waals surface area (Å²) in [4.78, 5) is 18.7. The van der Waals surface area contributed by atoms with Gasteiger partial charge in [0.05, 0.1) is 5.69 Å². The monoisotopic (exact) mass is 193 g/mol. The molecule has 0 aromatic carbocycles. The number of hydrogen-bond acceptors (Lipinski definition) is 5. The van der Waals surface area contributed by atoms with Crippen LogP contribution in [-0.2, 0) is 0 Å². The van der Waals surface area contributed by atoms with Crippen molar-refractivity contribution in [3.05, 3.63) is 17.2 Å². The van der Waals surface area contributed by atoms with Crippen molar-refractivity contribution in [3.63, 3.8) is 0 Å². The Bertz CT molecular complexity index is 518. The molecule has 0 unspecified atom stereocenters. The first-order chi connectivity index (χ1) is 6.59. The van der Waals surface area contributed by atoms with E-state index in [2.05, 4.69) is 15.1 Å². The topological polar surface area (TPSA) is 89.1 Å². The Morgan fingerprint density at radius 2 is 2.07 bits per heavy atom. The number of carboxylic acids is 1. The molecule has 0 aliphatic heterocycles. The third-order valence-electron chi connectivity index (χ3n) is 1.80. The van der Waals surface area contributed by atoms with Crippen LogP contribution in [0.1, 0.15) is 22.0 Å². The summed E-state index contributed by atoms with van der Waals surface area (Å²) >= 11 is 0. The van der Waals surface area contributed by atoms with E-state index in [0.717, 1.165) is 0 Å². The van der Waals surface area contributed by atoms with Crippen LogP contribution >= 0.6 is 0 Å². The van der Waals surface area contributed by atoms with Gasteiger partial charge in [0.1, 0.15) is 11.3 Å². The fourth-order valence-corrected chi connectivity index (χ4v) is 1.25. The van der Waals surface area contributed by atoms with E-state index in [4.69, 9.17) is 9.63 Å². The molecule has 14 heavy (non-hydrogen) atoms.